The molecule has 5 heteroatoms. The second-order valence-electron chi connectivity index (χ2n) is 5.81. The van der Waals surface area contributed by atoms with Crippen LogP contribution in [-0.4, -0.2) is 32.9 Å². The number of hydrogen-bond acceptors (Lipinski definition) is 4. The predicted octanol–water partition coefficient (Wildman–Crippen LogP) is 2.34. The predicted molar refractivity (Wildman–Crippen MR) is 77.5 cm³/mol. The van der Waals surface area contributed by atoms with Gasteiger partial charge in [-0.05, 0) is 18.9 Å². The fourth-order valence-electron chi connectivity index (χ4n) is 1.77. The van der Waals surface area contributed by atoms with E-state index in [2.05, 4.69) is 24.6 Å². The molecular formula is C13H24N2O2Si. The summed E-state index contributed by atoms with van der Waals surface area (Å²) in [5.74, 6) is 0.101. The largest absolute Gasteiger partial charge is 0.404 e. The molecule has 0 aromatic rings. The zero-order valence-electron chi connectivity index (χ0n) is 11.7. The molecule has 18 heavy (non-hydrogen) atoms. The average Bonchev–Trinajstić information content (AvgIpc) is 2.27. The lowest BCUT2D eigenvalue weighted by molar-refractivity contribution is -0.115. The number of carbonyl (C=O) groups is 1. The maximum atomic E-state index is 11.6. The van der Waals surface area contributed by atoms with Gasteiger partial charge in [-0.1, -0.05) is 19.6 Å². The quantitative estimate of drug-likeness (QED) is 0.473. The molecule has 0 aliphatic heterocycles. The zero-order chi connectivity index (χ0) is 13.6. The zero-order valence-corrected chi connectivity index (χ0v) is 12.7. The van der Waals surface area contributed by atoms with Gasteiger partial charge in [-0.25, -0.2) is 0 Å². The van der Waals surface area contributed by atoms with Crippen LogP contribution in [0.3, 0.4) is 0 Å². The number of nitrogens with zero attached hydrogens (tertiary/aromatic N) is 1. The highest BCUT2D eigenvalue weighted by Gasteiger charge is 2.20. The van der Waals surface area contributed by atoms with E-state index >= 15 is 0 Å². The third-order valence-electron chi connectivity index (χ3n) is 2.94. The average molecular weight is 268 g/mol. The molecule has 1 rings (SSSR count). The van der Waals surface area contributed by atoms with Crippen molar-refractivity contribution in [3.8, 4) is 0 Å². The van der Waals surface area contributed by atoms with Crippen molar-refractivity contribution < 1.29 is 9.53 Å². The van der Waals surface area contributed by atoms with E-state index in [1.807, 2.05) is 0 Å². The van der Waals surface area contributed by atoms with E-state index in [1.54, 1.807) is 0 Å². The second kappa shape index (κ2) is 6.85. The van der Waals surface area contributed by atoms with E-state index in [9.17, 15) is 4.79 Å². The van der Waals surface area contributed by atoms with E-state index in [0.717, 1.165) is 31.2 Å². The van der Waals surface area contributed by atoms with Gasteiger partial charge in [-0.15, -0.1) is 0 Å². The number of aliphatic imine (C=N–C) groups is 1. The van der Waals surface area contributed by atoms with Crippen LogP contribution in [0.15, 0.2) is 16.8 Å². The number of hydrogen-bond donors (Lipinski definition) is 1. The standard InChI is InChI=1S/C13H24N2O2Si/c1-18(2,3)8-7-17-10-15-12-5-4-6-13(16)11(12)9-14/h9H,4-8,10,14H2,1-3H3/b11-9+,15-12+. The molecule has 0 radical (unpaired) electrons. The molecule has 1 fully saturated rings. The molecule has 0 amide bonds. The van der Waals surface area contributed by atoms with Gasteiger partial charge in [0.15, 0.2) is 5.78 Å². The first kappa shape index (κ1) is 15.1. The fraction of sp³-hybridized carbons (Fsp3) is 0.692. The lowest BCUT2D eigenvalue weighted by Crippen LogP contribution is -2.22. The Hall–Kier alpha value is -0.943. The summed E-state index contributed by atoms with van der Waals surface area (Å²) in [5.41, 5.74) is 6.86. The van der Waals surface area contributed by atoms with Crippen molar-refractivity contribution in [2.45, 2.75) is 44.9 Å². The Labute approximate surface area is 110 Å². The summed E-state index contributed by atoms with van der Waals surface area (Å²) < 4.78 is 5.51. The SMILES string of the molecule is C[Si](C)(C)CCOC/N=C1\CCCC(=O)\C1=C\N. The summed E-state index contributed by atoms with van der Waals surface area (Å²) in [4.78, 5) is 15.9. The first-order chi connectivity index (χ1) is 8.44. The van der Waals surface area contributed by atoms with Gasteiger partial charge in [0.1, 0.15) is 6.73 Å². The van der Waals surface area contributed by atoms with Crippen LogP contribution in [-0.2, 0) is 9.53 Å². The van der Waals surface area contributed by atoms with E-state index in [0.29, 0.717) is 18.7 Å². The minimum atomic E-state index is -1.04. The molecule has 0 aromatic heterocycles. The third kappa shape index (κ3) is 5.14. The summed E-state index contributed by atoms with van der Waals surface area (Å²) in [7, 11) is -1.04. The van der Waals surface area contributed by atoms with Crippen LogP contribution in [0.5, 0.6) is 0 Å². The molecule has 102 valence electrons. The molecular weight excluding hydrogens is 244 g/mol. The van der Waals surface area contributed by atoms with Gasteiger partial charge in [-0.3, -0.25) is 9.79 Å². The molecule has 1 aliphatic rings. The van der Waals surface area contributed by atoms with Gasteiger partial charge in [0.05, 0.1) is 5.57 Å². The maximum absolute atomic E-state index is 11.6. The highest BCUT2D eigenvalue weighted by Crippen LogP contribution is 2.17. The minimum absolute atomic E-state index is 0.101. The van der Waals surface area contributed by atoms with Gasteiger partial charge < -0.3 is 10.5 Å². The molecule has 4 nitrogen and oxygen atoms in total. The summed E-state index contributed by atoms with van der Waals surface area (Å²) in [6.07, 6.45) is 3.65. The highest BCUT2D eigenvalue weighted by molar-refractivity contribution is 6.76. The molecule has 0 aromatic carbocycles. The smallest absolute Gasteiger partial charge is 0.166 e. The Morgan fingerprint density at radius 1 is 1.39 bits per heavy atom. The molecule has 0 heterocycles. The summed E-state index contributed by atoms with van der Waals surface area (Å²) in [6.45, 7) is 8.04. The molecule has 1 aliphatic carbocycles. The number of allylic oxidation sites excluding steroid dienone is 1. The number of Topliss-reactive ketones (excluding diaryl/α,β-unsaturated/α-hetero) is 1. The van der Waals surface area contributed by atoms with Gasteiger partial charge in [0.2, 0.25) is 0 Å². The molecule has 0 atom stereocenters. The molecule has 0 spiro atoms. The van der Waals surface area contributed by atoms with E-state index < -0.39 is 8.07 Å². The van der Waals surface area contributed by atoms with Crippen LogP contribution >= 0.6 is 0 Å². The highest BCUT2D eigenvalue weighted by atomic mass is 28.3. The Morgan fingerprint density at radius 2 is 2.11 bits per heavy atom. The lowest BCUT2D eigenvalue weighted by atomic mass is 9.92. The van der Waals surface area contributed by atoms with Crippen LogP contribution in [0.2, 0.25) is 25.7 Å². The molecule has 1 saturated carbocycles. The second-order valence-corrected chi connectivity index (χ2v) is 11.4. The Morgan fingerprint density at radius 3 is 2.72 bits per heavy atom. The van der Waals surface area contributed by atoms with Crippen molar-refractivity contribution in [1.82, 2.24) is 0 Å². The number of nitrogens with two attached hydrogens (primary N) is 1. The number of ether oxygens (including phenoxy) is 1. The number of carbonyl (C=O) groups excluding carboxylic acids is 1. The van der Waals surface area contributed by atoms with E-state index in [1.165, 1.54) is 6.20 Å². The topological polar surface area (TPSA) is 64.7 Å². The normalized spacial score (nSPS) is 21.8. The van der Waals surface area contributed by atoms with Crippen LogP contribution in [0.1, 0.15) is 19.3 Å². The first-order valence-electron chi connectivity index (χ1n) is 6.50. The van der Waals surface area contributed by atoms with Gasteiger partial charge in [0, 0.05) is 33.0 Å². The van der Waals surface area contributed by atoms with Crippen molar-refractivity contribution in [3.05, 3.63) is 11.8 Å². The van der Waals surface area contributed by atoms with Crippen molar-refractivity contribution in [2.75, 3.05) is 13.3 Å². The van der Waals surface area contributed by atoms with Crippen molar-refractivity contribution in [3.63, 3.8) is 0 Å². The summed E-state index contributed by atoms with van der Waals surface area (Å²) >= 11 is 0. The lowest BCUT2D eigenvalue weighted by Gasteiger charge is -2.16. The molecule has 0 unspecified atom stereocenters. The molecule has 2 N–H and O–H groups in total. The Bertz CT molecular complexity index is 356. The van der Waals surface area contributed by atoms with Crippen molar-refractivity contribution >= 4 is 19.6 Å². The summed E-state index contributed by atoms with van der Waals surface area (Å²) in [6, 6.07) is 1.14. The van der Waals surface area contributed by atoms with Crippen LogP contribution < -0.4 is 5.73 Å². The van der Waals surface area contributed by atoms with Crippen LogP contribution in [0.25, 0.3) is 0 Å². The Balaban J connectivity index is 2.39. The van der Waals surface area contributed by atoms with Crippen molar-refractivity contribution in [1.29, 1.82) is 0 Å². The van der Waals surface area contributed by atoms with E-state index in [4.69, 9.17) is 10.5 Å². The minimum Gasteiger partial charge on any atom is -0.404 e. The van der Waals surface area contributed by atoms with Gasteiger partial charge in [-0.2, -0.15) is 0 Å². The fourth-order valence-corrected chi connectivity index (χ4v) is 2.52. The molecule has 0 bridgehead atoms. The third-order valence-corrected chi connectivity index (χ3v) is 4.64. The van der Waals surface area contributed by atoms with Crippen molar-refractivity contribution in [2.24, 2.45) is 10.7 Å². The maximum Gasteiger partial charge on any atom is 0.166 e. The van der Waals surface area contributed by atoms with E-state index in [-0.39, 0.29) is 5.78 Å². The Kier molecular flexibility index (Phi) is 5.75. The van der Waals surface area contributed by atoms with Crippen LogP contribution in [0.4, 0.5) is 0 Å². The van der Waals surface area contributed by atoms with Crippen LogP contribution in [0, 0.1) is 0 Å². The monoisotopic (exact) mass is 268 g/mol. The summed E-state index contributed by atoms with van der Waals surface area (Å²) in [5, 5.41) is 0. The number of ketones is 1. The number of rotatable bonds is 5. The first-order valence-corrected chi connectivity index (χ1v) is 10.2. The van der Waals surface area contributed by atoms with Gasteiger partial charge >= 0.3 is 0 Å². The molecule has 0 saturated heterocycles. The van der Waals surface area contributed by atoms with Gasteiger partial charge in [0.25, 0.3) is 0 Å².